The molecule has 2 aromatic carbocycles. The summed E-state index contributed by atoms with van der Waals surface area (Å²) < 4.78 is 6.80. The molecule has 13 heteroatoms. The molecule has 0 aliphatic rings. The predicted molar refractivity (Wildman–Crippen MR) is 170 cm³/mol. The maximum atomic E-state index is 11.6. The molecule has 0 aliphatic carbocycles. The summed E-state index contributed by atoms with van der Waals surface area (Å²) in [7, 11) is 0. The van der Waals surface area contributed by atoms with Gasteiger partial charge in [0.05, 0.1) is 14.3 Å². The number of benzene rings is 2. The molecule has 0 saturated heterocycles. The van der Waals surface area contributed by atoms with Crippen molar-refractivity contribution in [1.82, 2.24) is 0 Å². The minimum atomic E-state index is -1.48. The molecule has 4 N–H and O–H groups in total. The van der Waals surface area contributed by atoms with E-state index in [4.69, 9.17) is 10.5 Å². The zero-order valence-electron chi connectivity index (χ0n) is 13.7. The summed E-state index contributed by atoms with van der Waals surface area (Å²) in [6.07, 6.45) is 0. The van der Waals surface area contributed by atoms with E-state index in [1.54, 1.807) is 34.7 Å². The molecule has 0 aromatic heterocycles. The van der Waals surface area contributed by atoms with Gasteiger partial charge >= 0.3 is 5.97 Å². The molecule has 2 rings (SSSR count). The SMILES string of the molecule is N[C@](I)(C(=O)O)C(I)(I)c1cc(I)c(Oc2cc(I)c(O)c(I)c2)c(I)c1.[Na]. The number of hydrogen-bond donors (Lipinski definition) is 3. The third-order valence-electron chi connectivity index (χ3n) is 3.34. The van der Waals surface area contributed by atoms with Crippen LogP contribution in [0.15, 0.2) is 24.3 Å². The molecule has 0 amide bonds. The van der Waals surface area contributed by atoms with E-state index in [9.17, 15) is 15.0 Å². The van der Waals surface area contributed by atoms with Crippen LogP contribution < -0.4 is 10.5 Å². The maximum absolute atomic E-state index is 11.6. The number of aliphatic carboxylic acids is 1. The molecular formula is C15H8I7NNaO4. The van der Waals surface area contributed by atoms with E-state index in [0.717, 1.165) is 12.7 Å². The Morgan fingerprint density at radius 2 is 1.36 bits per heavy atom. The van der Waals surface area contributed by atoms with E-state index in [2.05, 4.69) is 136 Å². The van der Waals surface area contributed by atoms with Crippen LogP contribution in [-0.4, -0.2) is 49.3 Å². The van der Waals surface area contributed by atoms with Crippen molar-refractivity contribution in [1.29, 1.82) is 0 Å². The van der Waals surface area contributed by atoms with Crippen molar-refractivity contribution in [3.05, 3.63) is 44.1 Å². The van der Waals surface area contributed by atoms with Crippen LogP contribution in [0, 0.1) is 14.3 Å². The standard InChI is InChI=1S/C15H8I7NO4.Na/c16-7-3-6(4-8(17)11(7)24)27-12-9(18)1-5(2-10(12)19)14(20,21)15(22,23)13(25)26;/h1-4,24H,23H2,(H,25,26);/t15-;/m1./s1. The summed E-state index contributed by atoms with van der Waals surface area (Å²) in [5.74, 6) is 0.448. The minimum absolute atomic E-state index is 0. The number of ether oxygens (including phenoxy) is 1. The molecule has 0 saturated carbocycles. The van der Waals surface area contributed by atoms with Crippen LogP contribution in [0.1, 0.15) is 5.56 Å². The minimum Gasteiger partial charge on any atom is -0.506 e. The van der Waals surface area contributed by atoms with Gasteiger partial charge < -0.3 is 20.7 Å². The molecule has 0 heterocycles. The second-order valence-electron chi connectivity index (χ2n) is 5.20. The number of carboxylic acids is 1. The van der Waals surface area contributed by atoms with E-state index in [-0.39, 0.29) is 35.3 Å². The van der Waals surface area contributed by atoms with Crippen LogP contribution in [0.2, 0.25) is 0 Å². The van der Waals surface area contributed by atoms with Gasteiger partial charge in [-0.1, -0.05) is 45.2 Å². The van der Waals surface area contributed by atoms with Crippen LogP contribution in [0.5, 0.6) is 17.2 Å². The second kappa shape index (κ2) is 11.8. The normalized spacial score (nSPS) is 13.4. The summed E-state index contributed by atoms with van der Waals surface area (Å²) in [4.78, 5) is 11.6. The van der Waals surface area contributed by atoms with Crippen molar-refractivity contribution in [3.8, 4) is 17.2 Å². The number of carboxylic acid groups (broad SMARTS) is 1. The molecule has 1 radical (unpaired) electrons. The van der Waals surface area contributed by atoms with Crippen LogP contribution in [-0.2, 0) is 6.22 Å². The van der Waals surface area contributed by atoms with Crippen LogP contribution in [0.3, 0.4) is 0 Å². The van der Waals surface area contributed by atoms with Crippen LogP contribution in [0.4, 0.5) is 0 Å². The summed E-state index contributed by atoms with van der Waals surface area (Å²) in [5, 5.41) is 19.4. The molecule has 1 atom stereocenters. The molecule has 0 unspecified atom stereocenters. The van der Waals surface area contributed by atoms with Crippen LogP contribution in [0.25, 0.3) is 0 Å². The third-order valence-corrected chi connectivity index (χ3v) is 12.9. The zero-order chi connectivity index (χ0) is 20.7. The van der Waals surface area contributed by atoms with Crippen LogP contribution >= 0.6 is 158 Å². The first-order chi connectivity index (χ1) is 12.3. The fourth-order valence-corrected chi connectivity index (χ4v) is 7.00. The maximum Gasteiger partial charge on any atom is 0.336 e. The van der Waals surface area contributed by atoms with Crippen molar-refractivity contribution in [3.63, 3.8) is 0 Å². The zero-order valence-corrected chi connectivity index (χ0v) is 30.8. The topological polar surface area (TPSA) is 92.8 Å². The molecule has 0 spiro atoms. The number of aromatic hydroxyl groups is 1. The van der Waals surface area contributed by atoms with E-state index >= 15 is 0 Å². The average molecular weight is 1180 g/mol. The first kappa shape index (κ1) is 29.6. The number of phenols is 1. The van der Waals surface area contributed by atoms with E-state index in [0.29, 0.717) is 18.6 Å². The average Bonchev–Trinajstić information content (AvgIpc) is 2.55. The number of carbonyl (C=O) groups is 1. The van der Waals surface area contributed by atoms with Gasteiger partial charge in [-0.15, -0.1) is 0 Å². The first-order valence-corrected chi connectivity index (χ1v) is 14.3. The van der Waals surface area contributed by atoms with Gasteiger partial charge in [0, 0.05) is 29.6 Å². The largest absolute Gasteiger partial charge is 0.506 e. The Hall–Kier alpha value is 3.58. The Balaban J connectivity index is 0.00000392. The Labute approximate surface area is 279 Å². The number of rotatable bonds is 5. The first-order valence-electron chi connectivity index (χ1n) is 6.73. The van der Waals surface area contributed by atoms with Crippen molar-refractivity contribution >= 4 is 194 Å². The van der Waals surface area contributed by atoms with Crippen molar-refractivity contribution in [2.45, 2.75) is 4.97 Å². The van der Waals surface area contributed by atoms with E-state index in [1.807, 2.05) is 12.1 Å². The van der Waals surface area contributed by atoms with Crippen molar-refractivity contribution in [2.24, 2.45) is 5.73 Å². The molecule has 147 valence electrons. The van der Waals surface area contributed by atoms with Gasteiger partial charge in [0.1, 0.15) is 12.9 Å². The van der Waals surface area contributed by atoms with Gasteiger partial charge in [0.25, 0.3) is 0 Å². The van der Waals surface area contributed by atoms with Gasteiger partial charge in [-0.2, -0.15) is 0 Å². The third kappa shape index (κ3) is 6.58. The fraction of sp³-hybridized carbons (Fsp3) is 0.133. The van der Waals surface area contributed by atoms with Gasteiger partial charge in [-0.3, -0.25) is 0 Å². The predicted octanol–water partition coefficient (Wildman–Crippen LogP) is 6.42. The van der Waals surface area contributed by atoms with E-state index < -0.39 is 10.9 Å². The van der Waals surface area contributed by atoms with Gasteiger partial charge in [-0.05, 0) is 143 Å². The summed E-state index contributed by atoms with van der Waals surface area (Å²) >= 11 is 14.4. The molecule has 2 aromatic rings. The number of phenolic OH excluding ortho intramolecular Hbond substituents is 1. The summed E-state index contributed by atoms with van der Waals surface area (Å²) in [6, 6.07) is 7.30. The van der Waals surface area contributed by atoms with E-state index in [1.165, 1.54) is 0 Å². The Morgan fingerprint density at radius 1 is 0.929 bits per heavy atom. The molecule has 28 heavy (non-hydrogen) atoms. The van der Waals surface area contributed by atoms with Crippen molar-refractivity contribution in [2.75, 3.05) is 0 Å². The van der Waals surface area contributed by atoms with Gasteiger partial charge in [-0.25, -0.2) is 4.79 Å². The number of nitrogens with two attached hydrogens (primary N) is 1. The number of hydrogen-bond acceptors (Lipinski definition) is 4. The summed E-state index contributed by atoms with van der Waals surface area (Å²) in [6.45, 7) is 0. The second-order valence-corrected chi connectivity index (χ2v) is 16.8. The quantitative estimate of drug-likeness (QED) is 0.139. The van der Waals surface area contributed by atoms with Gasteiger partial charge in [0.15, 0.2) is 9.30 Å². The smallest absolute Gasteiger partial charge is 0.336 e. The van der Waals surface area contributed by atoms with Gasteiger partial charge in [0.2, 0.25) is 0 Å². The Morgan fingerprint density at radius 3 is 1.75 bits per heavy atom. The molecule has 5 nitrogen and oxygen atoms in total. The van der Waals surface area contributed by atoms with Crippen molar-refractivity contribution < 1.29 is 19.7 Å². The molecule has 0 bridgehead atoms. The molecule has 0 fully saturated rings. The fourth-order valence-electron chi connectivity index (χ4n) is 1.90. The number of halogens is 7. The molecule has 0 aliphatic heterocycles. The number of alkyl halides is 3. The summed E-state index contributed by atoms with van der Waals surface area (Å²) in [5.41, 5.74) is 6.88. The Bertz CT molecular complexity index is 877. The Kier molecular flexibility index (Phi) is 12.5. The molecular weight excluding hydrogens is 1170 g/mol. The monoisotopic (exact) mass is 1180 g/mol.